The van der Waals surface area contributed by atoms with E-state index in [1.807, 2.05) is 6.20 Å². The fourth-order valence-electron chi connectivity index (χ4n) is 4.31. The lowest BCUT2D eigenvalue weighted by Gasteiger charge is -2.22. The van der Waals surface area contributed by atoms with Crippen molar-refractivity contribution in [3.05, 3.63) is 102 Å². The molecule has 0 radical (unpaired) electrons. The minimum absolute atomic E-state index is 0.814. The van der Waals surface area contributed by atoms with Crippen LogP contribution in [0.2, 0.25) is 0 Å². The molecule has 0 atom stereocenters. The standard InChI is InChI=1S/C27H24N2/c1-2-7-19-8-6-11-21(18-19)23-15-17-29-27-25(23)13-12-24-22(14-16-28-26(24)27)20-9-4-3-5-10-20/h3-6,8-15,17-18,28H,2,7,16H2,1H3. The highest BCUT2D eigenvalue weighted by Gasteiger charge is 2.18. The molecule has 2 heterocycles. The molecule has 0 bridgehead atoms. The number of hydrogen-bond acceptors (Lipinski definition) is 2. The second-order valence-corrected chi connectivity index (χ2v) is 7.56. The van der Waals surface area contributed by atoms with Crippen molar-refractivity contribution in [1.29, 1.82) is 0 Å². The van der Waals surface area contributed by atoms with Crippen molar-refractivity contribution >= 4 is 22.2 Å². The van der Waals surface area contributed by atoms with Gasteiger partial charge in [-0.2, -0.15) is 0 Å². The van der Waals surface area contributed by atoms with Crippen molar-refractivity contribution in [3.63, 3.8) is 0 Å². The summed E-state index contributed by atoms with van der Waals surface area (Å²) < 4.78 is 0. The minimum Gasteiger partial charge on any atom is -0.379 e. The lowest BCUT2D eigenvalue weighted by molar-refractivity contribution is 0.922. The molecule has 0 spiro atoms. The predicted molar refractivity (Wildman–Crippen MR) is 123 cm³/mol. The van der Waals surface area contributed by atoms with E-state index in [9.17, 15) is 0 Å². The van der Waals surface area contributed by atoms with Crippen LogP contribution in [0, 0.1) is 0 Å². The fourth-order valence-corrected chi connectivity index (χ4v) is 4.31. The molecule has 0 amide bonds. The highest BCUT2D eigenvalue weighted by atomic mass is 14.9. The van der Waals surface area contributed by atoms with Gasteiger partial charge in [0.25, 0.3) is 0 Å². The molecule has 0 unspecified atom stereocenters. The maximum atomic E-state index is 4.78. The Kier molecular flexibility index (Phi) is 4.61. The van der Waals surface area contributed by atoms with E-state index in [4.69, 9.17) is 4.98 Å². The van der Waals surface area contributed by atoms with E-state index in [1.165, 1.54) is 38.8 Å². The number of nitrogens with zero attached hydrogens (tertiary/aromatic N) is 1. The number of rotatable bonds is 4. The largest absolute Gasteiger partial charge is 0.379 e. The normalized spacial score (nSPS) is 12.9. The monoisotopic (exact) mass is 376 g/mol. The Morgan fingerprint density at radius 1 is 0.862 bits per heavy atom. The van der Waals surface area contributed by atoms with Crippen LogP contribution in [0.15, 0.2) is 85.1 Å². The Balaban J connectivity index is 1.66. The van der Waals surface area contributed by atoms with E-state index >= 15 is 0 Å². The molecule has 4 aromatic rings. The predicted octanol–water partition coefficient (Wildman–Crippen LogP) is 6.71. The highest BCUT2D eigenvalue weighted by molar-refractivity contribution is 6.06. The first kappa shape index (κ1) is 17.7. The molecule has 0 saturated carbocycles. The maximum absolute atomic E-state index is 4.78. The van der Waals surface area contributed by atoms with Gasteiger partial charge in [-0.15, -0.1) is 0 Å². The van der Waals surface area contributed by atoms with E-state index in [-0.39, 0.29) is 0 Å². The van der Waals surface area contributed by atoms with Crippen molar-refractivity contribution in [2.24, 2.45) is 0 Å². The summed E-state index contributed by atoms with van der Waals surface area (Å²) in [5.41, 5.74) is 9.82. The quantitative estimate of drug-likeness (QED) is 0.428. The van der Waals surface area contributed by atoms with Gasteiger partial charge in [0.2, 0.25) is 0 Å². The molecule has 2 nitrogen and oxygen atoms in total. The molecule has 1 N–H and O–H groups in total. The smallest absolute Gasteiger partial charge is 0.0945 e. The molecule has 1 aliphatic rings. The summed E-state index contributed by atoms with van der Waals surface area (Å²) in [5.74, 6) is 0. The lowest BCUT2D eigenvalue weighted by atomic mass is 9.91. The Hall–Kier alpha value is -3.39. The summed E-state index contributed by atoms with van der Waals surface area (Å²) in [6.07, 6.45) is 6.47. The van der Waals surface area contributed by atoms with Crippen molar-refractivity contribution in [2.75, 3.05) is 11.9 Å². The third kappa shape index (κ3) is 3.21. The van der Waals surface area contributed by atoms with Crippen LogP contribution >= 0.6 is 0 Å². The van der Waals surface area contributed by atoms with Crippen LogP contribution in [-0.2, 0) is 6.42 Å². The molecule has 0 fully saturated rings. The number of aryl methyl sites for hydroxylation is 1. The van der Waals surface area contributed by atoms with E-state index in [1.54, 1.807) is 0 Å². The van der Waals surface area contributed by atoms with Gasteiger partial charge in [0.05, 0.1) is 11.2 Å². The van der Waals surface area contributed by atoms with E-state index in [2.05, 4.69) is 91.1 Å². The molecule has 0 saturated heterocycles. The Bertz CT molecular complexity index is 1210. The minimum atomic E-state index is 0.814. The number of anilines is 1. The van der Waals surface area contributed by atoms with Crippen LogP contribution in [0.25, 0.3) is 27.6 Å². The van der Waals surface area contributed by atoms with Crippen LogP contribution in [0.1, 0.15) is 30.0 Å². The number of nitrogens with one attached hydrogen (secondary N) is 1. The van der Waals surface area contributed by atoms with Crippen molar-refractivity contribution < 1.29 is 0 Å². The van der Waals surface area contributed by atoms with Crippen LogP contribution < -0.4 is 5.32 Å². The second-order valence-electron chi connectivity index (χ2n) is 7.56. The number of aromatic nitrogens is 1. The fraction of sp³-hybridized carbons (Fsp3) is 0.148. The Morgan fingerprint density at radius 2 is 1.72 bits per heavy atom. The summed E-state index contributed by atoms with van der Waals surface area (Å²) >= 11 is 0. The van der Waals surface area contributed by atoms with Crippen LogP contribution in [0.5, 0.6) is 0 Å². The number of hydrogen-bond donors (Lipinski definition) is 1. The Labute approximate surface area is 171 Å². The van der Waals surface area contributed by atoms with Crippen molar-refractivity contribution in [1.82, 2.24) is 4.98 Å². The molecule has 5 rings (SSSR count). The van der Waals surface area contributed by atoms with Gasteiger partial charge in [-0.25, -0.2) is 0 Å². The van der Waals surface area contributed by atoms with Crippen LogP contribution in [0.4, 0.5) is 5.69 Å². The number of pyridine rings is 1. The summed E-state index contributed by atoms with van der Waals surface area (Å²) in [5, 5.41) is 4.77. The van der Waals surface area contributed by atoms with Crippen molar-refractivity contribution in [2.45, 2.75) is 19.8 Å². The zero-order valence-electron chi connectivity index (χ0n) is 16.7. The molecule has 3 aromatic carbocycles. The molecule has 0 aliphatic carbocycles. The van der Waals surface area contributed by atoms with Gasteiger partial charge in [0.15, 0.2) is 0 Å². The topological polar surface area (TPSA) is 24.9 Å². The third-order valence-electron chi connectivity index (χ3n) is 5.65. The van der Waals surface area contributed by atoms with Gasteiger partial charge in [-0.1, -0.05) is 86.2 Å². The first-order valence-corrected chi connectivity index (χ1v) is 10.4. The molecule has 2 heteroatoms. The summed E-state index contributed by atoms with van der Waals surface area (Å²) in [7, 11) is 0. The Morgan fingerprint density at radius 3 is 2.59 bits per heavy atom. The summed E-state index contributed by atoms with van der Waals surface area (Å²) in [6.45, 7) is 3.04. The molecule has 1 aliphatic heterocycles. The van der Waals surface area contributed by atoms with Gasteiger partial charge in [-0.3, -0.25) is 4.98 Å². The van der Waals surface area contributed by atoms with Gasteiger partial charge in [-0.05, 0) is 40.3 Å². The molecular formula is C27H24N2. The first-order chi connectivity index (χ1) is 14.3. The molecule has 142 valence electrons. The zero-order valence-corrected chi connectivity index (χ0v) is 16.7. The zero-order chi connectivity index (χ0) is 19.6. The average Bonchev–Trinajstić information content (AvgIpc) is 2.79. The SMILES string of the molecule is CCCc1cccc(-c2ccnc3c4c(ccc23)C(c2ccccc2)=CCN4)c1. The van der Waals surface area contributed by atoms with Gasteiger partial charge >= 0.3 is 0 Å². The third-order valence-corrected chi connectivity index (χ3v) is 5.65. The average molecular weight is 377 g/mol. The molecule has 1 aromatic heterocycles. The molecule has 29 heavy (non-hydrogen) atoms. The maximum Gasteiger partial charge on any atom is 0.0945 e. The molecular weight excluding hydrogens is 352 g/mol. The van der Waals surface area contributed by atoms with E-state index in [0.29, 0.717) is 0 Å². The van der Waals surface area contributed by atoms with Crippen molar-refractivity contribution in [3.8, 4) is 11.1 Å². The van der Waals surface area contributed by atoms with Gasteiger partial charge in [0.1, 0.15) is 0 Å². The lowest BCUT2D eigenvalue weighted by Crippen LogP contribution is -2.10. The first-order valence-electron chi connectivity index (χ1n) is 10.4. The summed E-state index contributed by atoms with van der Waals surface area (Å²) in [4.78, 5) is 4.78. The van der Waals surface area contributed by atoms with E-state index < -0.39 is 0 Å². The second kappa shape index (κ2) is 7.56. The summed E-state index contributed by atoms with van der Waals surface area (Å²) in [6, 6.07) is 26.1. The number of fused-ring (bicyclic) bond motifs is 3. The van der Waals surface area contributed by atoms with Gasteiger partial charge in [0, 0.05) is 23.7 Å². The number of benzene rings is 3. The van der Waals surface area contributed by atoms with Crippen LogP contribution in [-0.4, -0.2) is 11.5 Å². The highest BCUT2D eigenvalue weighted by Crippen LogP contribution is 2.39. The van der Waals surface area contributed by atoms with E-state index in [0.717, 1.165) is 30.6 Å². The van der Waals surface area contributed by atoms with Crippen LogP contribution in [0.3, 0.4) is 0 Å². The van der Waals surface area contributed by atoms with Gasteiger partial charge < -0.3 is 5.32 Å².